The van der Waals surface area contributed by atoms with Crippen molar-refractivity contribution >= 4 is 28.4 Å². The number of nitrogens with zero attached hydrogens (tertiary/aromatic N) is 1. The van der Waals surface area contributed by atoms with E-state index in [0.717, 1.165) is 5.39 Å². The normalized spacial score (nSPS) is 18.6. The third-order valence-corrected chi connectivity index (χ3v) is 6.84. The third-order valence-electron chi connectivity index (χ3n) is 6.84. The average molecular weight is 476 g/mol. The number of H-pyrrole nitrogens is 1. The van der Waals surface area contributed by atoms with E-state index in [4.69, 9.17) is 4.74 Å². The molecular weight excluding hydrogens is 448 g/mol. The minimum Gasteiger partial charge on any atom is -0.443 e. The number of nitrogens with one attached hydrogen (secondary N) is 2. The highest BCUT2D eigenvalue weighted by Gasteiger charge is 2.45. The summed E-state index contributed by atoms with van der Waals surface area (Å²) in [6.07, 6.45) is 0.487. The molecule has 5 rings (SSSR count). The van der Waals surface area contributed by atoms with E-state index in [1.54, 1.807) is 37.5 Å². The molecule has 2 heterocycles. The molecule has 3 aromatic carbocycles. The molecular formula is C28H27F2N3O2. The molecule has 7 heteroatoms. The first-order valence-corrected chi connectivity index (χ1v) is 11.5. The quantitative estimate of drug-likeness (QED) is 0.333. The number of para-hydroxylation sites is 2. The standard InChI is InChI=1S/C28H27F2N3O2/c1-16-22-21(15-20(29)23(24(22)30)19-12-8-9-17-13-14-31-25(17)19)32-28(2,3)26(16)35-27(34)33(4)18-10-6-5-7-11-18/h5-16,26,31-32H,1-4H3/t16-,26+/m1/s1. The van der Waals surface area contributed by atoms with Gasteiger partial charge in [-0.05, 0) is 43.5 Å². The predicted molar refractivity (Wildman–Crippen MR) is 135 cm³/mol. The smallest absolute Gasteiger partial charge is 0.414 e. The summed E-state index contributed by atoms with van der Waals surface area (Å²) in [6, 6.07) is 17.7. The van der Waals surface area contributed by atoms with E-state index in [2.05, 4.69) is 10.3 Å². The van der Waals surface area contributed by atoms with Crippen LogP contribution in [0.25, 0.3) is 22.0 Å². The van der Waals surface area contributed by atoms with Crippen molar-refractivity contribution in [3.8, 4) is 11.1 Å². The van der Waals surface area contributed by atoms with Crippen LogP contribution in [0, 0.1) is 11.6 Å². The molecule has 0 fully saturated rings. The molecule has 4 aromatic rings. The Kier molecular flexibility index (Phi) is 5.50. The summed E-state index contributed by atoms with van der Waals surface area (Å²) in [5.74, 6) is -1.84. The largest absolute Gasteiger partial charge is 0.443 e. The highest BCUT2D eigenvalue weighted by atomic mass is 19.1. The fraction of sp³-hybridized carbons (Fsp3) is 0.250. The Balaban J connectivity index is 1.55. The van der Waals surface area contributed by atoms with Crippen LogP contribution in [0.3, 0.4) is 0 Å². The Bertz CT molecular complexity index is 1410. The summed E-state index contributed by atoms with van der Waals surface area (Å²) in [7, 11) is 1.63. The summed E-state index contributed by atoms with van der Waals surface area (Å²) in [5, 5.41) is 4.07. The predicted octanol–water partition coefficient (Wildman–Crippen LogP) is 7.06. The number of benzene rings is 3. The number of carbonyl (C=O) groups is 1. The number of halogens is 2. The van der Waals surface area contributed by atoms with Gasteiger partial charge in [-0.1, -0.05) is 43.3 Å². The SMILES string of the molecule is C[C@@H]1c2c(cc(F)c(-c3cccc4cc[nH]c34)c2F)NC(C)(C)[C@H]1OC(=O)N(C)c1ccccc1. The number of anilines is 2. The highest BCUT2D eigenvalue weighted by molar-refractivity contribution is 5.95. The molecule has 5 nitrogen and oxygen atoms in total. The molecule has 35 heavy (non-hydrogen) atoms. The van der Waals surface area contributed by atoms with Gasteiger partial charge in [0.25, 0.3) is 0 Å². The van der Waals surface area contributed by atoms with Crippen LogP contribution >= 0.6 is 0 Å². The molecule has 0 bridgehead atoms. The Morgan fingerprint density at radius 1 is 1.06 bits per heavy atom. The molecule has 1 aliphatic heterocycles. The van der Waals surface area contributed by atoms with Crippen LogP contribution in [0.1, 0.15) is 32.3 Å². The van der Waals surface area contributed by atoms with Crippen LogP contribution in [0.4, 0.5) is 25.0 Å². The van der Waals surface area contributed by atoms with E-state index in [-0.39, 0.29) is 5.56 Å². The van der Waals surface area contributed by atoms with Gasteiger partial charge in [0.2, 0.25) is 0 Å². The van der Waals surface area contributed by atoms with Crippen LogP contribution in [-0.4, -0.2) is 29.8 Å². The van der Waals surface area contributed by atoms with Crippen molar-refractivity contribution in [2.75, 3.05) is 17.3 Å². The van der Waals surface area contributed by atoms with Gasteiger partial charge in [-0.25, -0.2) is 13.6 Å². The van der Waals surface area contributed by atoms with E-state index in [9.17, 15) is 4.79 Å². The van der Waals surface area contributed by atoms with Crippen molar-refractivity contribution in [3.63, 3.8) is 0 Å². The minimum atomic E-state index is -0.764. The van der Waals surface area contributed by atoms with Crippen molar-refractivity contribution in [2.24, 2.45) is 0 Å². The number of hydrogen-bond donors (Lipinski definition) is 2. The molecule has 2 N–H and O–H groups in total. The molecule has 1 amide bonds. The molecule has 2 atom stereocenters. The van der Waals surface area contributed by atoms with E-state index < -0.39 is 35.3 Å². The van der Waals surface area contributed by atoms with Crippen molar-refractivity contribution in [1.82, 2.24) is 4.98 Å². The van der Waals surface area contributed by atoms with Gasteiger partial charge in [-0.15, -0.1) is 0 Å². The topological polar surface area (TPSA) is 57.4 Å². The fourth-order valence-electron chi connectivity index (χ4n) is 5.11. The Morgan fingerprint density at radius 2 is 1.80 bits per heavy atom. The van der Waals surface area contributed by atoms with E-state index in [1.165, 1.54) is 11.0 Å². The summed E-state index contributed by atoms with van der Waals surface area (Å²) in [6.45, 7) is 5.52. The lowest BCUT2D eigenvalue weighted by atomic mass is 9.77. The number of aromatic amines is 1. The van der Waals surface area contributed by atoms with Gasteiger partial charge in [0, 0.05) is 41.7 Å². The lowest BCUT2D eigenvalue weighted by molar-refractivity contribution is 0.0521. The van der Waals surface area contributed by atoms with Crippen molar-refractivity contribution in [3.05, 3.63) is 84.1 Å². The van der Waals surface area contributed by atoms with Gasteiger partial charge in [-0.3, -0.25) is 4.90 Å². The minimum absolute atomic E-state index is 0.100. The zero-order valence-corrected chi connectivity index (χ0v) is 20.0. The molecule has 180 valence electrons. The summed E-state index contributed by atoms with van der Waals surface area (Å²) >= 11 is 0. The molecule has 0 saturated heterocycles. The van der Waals surface area contributed by atoms with E-state index in [1.807, 2.05) is 51.1 Å². The molecule has 0 unspecified atom stereocenters. The van der Waals surface area contributed by atoms with Gasteiger partial charge in [0.1, 0.15) is 17.7 Å². The second kappa shape index (κ2) is 8.41. The van der Waals surface area contributed by atoms with E-state index in [0.29, 0.717) is 28.0 Å². The molecule has 0 spiro atoms. The van der Waals surface area contributed by atoms with Crippen LogP contribution in [0.15, 0.2) is 66.9 Å². The monoisotopic (exact) mass is 475 g/mol. The van der Waals surface area contributed by atoms with Crippen molar-refractivity contribution in [1.29, 1.82) is 0 Å². The zero-order valence-electron chi connectivity index (χ0n) is 20.0. The van der Waals surface area contributed by atoms with Crippen LogP contribution in [0.5, 0.6) is 0 Å². The number of amides is 1. The van der Waals surface area contributed by atoms with Crippen molar-refractivity contribution in [2.45, 2.75) is 38.3 Å². The maximum Gasteiger partial charge on any atom is 0.414 e. The summed E-state index contributed by atoms with van der Waals surface area (Å²) < 4.78 is 37.4. The first-order valence-electron chi connectivity index (χ1n) is 11.5. The number of carbonyl (C=O) groups excluding carboxylic acids is 1. The molecule has 0 saturated carbocycles. The zero-order chi connectivity index (χ0) is 24.9. The molecule has 0 radical (unpaired) electrons. The van der Waals surface area contributed by atoms with Gasteiger partial charge in [0.05, 0.1) is 16.6 Å². The average Bonchev–Trinajstić information content (AvgIpc) is 3.31. The van der Waals surface area contributed by atoms with Crippen LogP contribution in [-0.2, 0) is 4.74 Å². The maximum atomic E-state index is 16.1. The van der Waals surface area contributed by atoms with E-state index >= 15 is 8.78 Å². The third kappa shape index (κ3) is 3.81. The van der Waals surface area contributed by atoms with Gasteiger partial charge in [-0.2, -0.15) is 0 Å². The summed E-state index contributed by atoms with van der Waals surface area (Å²) in [5.41, 5.74) is 1.58. The highest BCUT2D eigenvalue weighted by Crippen LogP contribution is 2.46. The van der Waals surface area contributed by atoms with Crippen molar-refractivity contribution < 1.29 is 18.3 Å². The Morgan fingerprint density at radius 3 is 2.54 bits per heavy atom. The van der Waals surface area contributed by atoms with Crippen LogP contribution in [0.2, 0.25) is 0 Å². The van der Waals surface area contributed by atoms with Gasteiger partial charge >= 0.3 is 6.09 Å². The number of fused-ring (bicyclic) bond motifs is 2. The second-order valence-corrected chi connectivity index (χ2v) is 9.59. The Labute approximate surface area is 202 Å². The number of hydrogen-bond acceptors (Lipinski definition) is 3. The second-order valence-electron chi connectivity index (χ2n) is 9.59. The Hall–Kier alpha value is -3.87. The summed E-state index contributed by atoms with van der Waals surface area (Å²) in [4.78, 5) is 17.5. The number of rotatable bonds is 3. The fourth-order valence-corrected chi connectivity index (χ4v) is 5.11. The lowest BCUT2D eigenvalue weighted by Gasteiger charge is -2.44. The number of ether oxygens (including phenoxy) is 1. The molecule has 0 aliphatic carbocycles. The molecule has 1 aliphatic rings. The maximum absolute atomic E-state index is 16.1. The number of aromatic nitrogens is 1. The first kappa shape index (κ1) is 22.9. The first-order chi connectivity index (χ1) is 16.7. The lowest BCUT2D eigenvalue weighted by Crippen LogP contribution is -2.53. The molecule has 1 aromatic heterocycles. The van der Waals surface area contributed by atoms with Gasteiger partial charge < -0.3 is 15.0 Å². The van der Waals surface area contributed by atoms with Crippen LogP contribution < -0.4 is 10.2 Å². The van der Waals surface area contributed by atoms with Gasteiger partial charge in [0.15, 0.2) is 0 Å².